The van der Waals surface area contributed by atoms with Gasteiger partial charge in [-0.3, -0.25) is 0 Å². The molecule has 0 N–H and O–H groups in total. The summed E-state index contributed by atoms with van der Waals surface area (Å²) in [6.45, 7) is 4.20. The average molecular weight is 393 g/mol. The normalized spacial score (nSPS) is 15.7. The molecule has 0 bridgehead atoms. The molecule has 0 atom stereocenters. The number of benzene rings is 1. The maximum absolute atomic E-state index is 12.7. The van der Waals surface area contributed by atoms with Gasteiger partial charge in [-0.1, -0.05) is 11.8 Å². The molecule has 8 nitrogen and oxygen atoms in total. The number of hydrogen-bond donors (Lipinski definition) is 0. The van der Waals surface area contributed by atoms with Gasteiger partial charge in [0.25, 0.3) is 0 Å². The monoisotopic (exact) mass is 393 g/mol. The zero-order chi connectivity index (χ0) is 18.6. The lowest BCUT2D eigenvalue weighted by molar-refractivity contribution is 0.0730. The van der Waals surface area contributed by atoms with Gasteiger partial charge in [-0.25, -0.2) is 8.42 Å². The predicted octanol–water partition coefficient (Wildman–Crippen LogP) is 1.60. The van der Waals surface area contributed by atoms with Crippen LogP contribution in [0.3, 0.4) is 0 Å². The molecule has 2 heterocycles. The standard InChI is InChI=1S/C16H19N5O3S2/c1-2-21-15(18-19-16(21)25-12-7-17)13-3-5-14(6-4-13)26(22,23)20-8-10-24-11-9-20/h3-6H,2,8-12H2,1H3. The molecule has 26 heavy (non-hydrogen) atoms. The minimum Gasteiger partial charge on any atom is -0.379 e. The van der Waals surface area contributed by atoms with Crippen molar-refractivity contribution in [2.24, 2.45) is 0 Å². The van der Waals surface area contributed by atoms with Crippen molar-refractivity contribution in [1.82, 2.24) is 19.1 Å². The van der Waals surface area contributed by atoms with Gasteiger partial charge in [0.15, 0.2) is 11.0 Å². The van der Waals surface area contributed by atoms with Crippen molar-refractivity contribution in [3.63, 3.8) is 0 Å². The fourth-order valence-corrected chi connectivity index (χ4v) is 4.77. The minimum atomic E-state index is -3.51. The average Bonchev–Trinajstić information content (AvgIpc) is 3.10. The zero-order valence-electron chi connectivity index (χ0n) is 14.3. The number of nitriles is 1. The van der Waals surface area contributed by atoms with Gasteiger partial charge in [0.1, 0.15) is 0 Å². The Kier molecular flexibility index (Phi) is 5.93. The van der Waals surface area contributed by atoms with Crippen LogP contribution in [0.1, 0.15) is 6.92 Å². The van der Waals surface area contributed by atoms with E-state index in [0.717, 1.165) is 5.56 Å². The van der Waals surface area contributed by atoms with Gasteiger partial charge in [-0.15, -0.1) is 10.2 Å². The molecule has 1 saturated heterocycles. The van der Waals surface area contributed by atoms with E-state index in [4.69, 9.17) is 10.00 Å². The molecule has 0 unspecified atom stereocenters. The SMILES string of the molecule is CCn1c(SCC#N)nnc1-c1ccc(S(=O)(=O)N2CCOCC2)cc1. The van der Waals surface area contributed by atoms with Crippen molar-refractivity contribution in [3.05, 3.63) is 24.3 Å². The molecule has 0 aliphatic carbocycles. The highest BCUT2D eigenvalue weighted by molar-refractivity contribution is 7.99. The first-order valence-electron chi connectivity index (χ1n) is 8.19. The van der Waals surface area contributed by atoms with Gasteiger partial charge in [0.2, 0.25) is 10.0 Å². The molecule has 0 spiro atoms. The lowest BCUT2D eigenvalue weighted by Gasteiger charge is -2.26. The van der Waals surface area contributed by atoms with Crippen LogP contribution in [0.2, 0.25) is 0 Å². The van der Waals surface area contributed by atoms with Gasteiger partial charge < -0.3 is 9.30 Å². The highest BCUT2D eigenvalue weighted by atomic mass is 32.2. The van der Waals surface area contributed by atoms with Crippen molar-refractivity contribution in [3.8, 4) is 17.5 Å². The Balaban J connectivity index is 1.86. The summed E-state index contributed by atoms with van der Waals surface area (Å²) in [5, 5.41) is 17.7. The first kappa shape index (κ1) is 18.8. The molecule has 1 aliphatic rings. The Bertz CT molecular complexity index is 897. The zero-order valence-corrected chi connectivity index (χ0v) is 16.0. The van der Waals surface area contributed by atoms with Gasteiger partial charge >= 0.3 is 0 Å². The van der Waals surface area contributed by atoms with Crippen LogP contribution in [0.5, 0.6) is 0 Å². The summed E-state index contributed by atoms with van der Waals surface area (Å²) in [6, 6.07) is 8.74. The molecule has 0 amide bonds. The fraction of sp³-hybridized carbons (Fsp3) is 0.438. The van der Waals surface area contributed by atoms with Crippen LogP contribution in [0.4, 0.5) is 0 Å². The number of sulfonamides is 1. The lowest BCUT2D eigenvalue weighted by atomic mass is 10.2. The summed E-state index contributed by atoms with van der Waals surface area (Å²) in [5.74, 6) is 0.956. The van der Waals surface area contributed by atoms with Crippen molar-refractivity contribution in [2.75, 3.05) is 32.1 Å². The van der Waals surface area contributed by atoms with Crippen LogP contribution >= 0.6 is 11.8 Å². The van der Waals surface area contributed by atoms with Crippen molar-refractivity contribution in [2.45, 2.75) is 23.5 Å². The molecule has 1 aliphatic heterocycles. The summed E-state index contributed by atoms with van der Waals surface area (Å²) >= 11 is 1.33. The van der Waals surface area contributed by atoms with E-state index in [1.807, 2.05) is 11.5 Å². The molecule has 1 aromatic carbocycles. The second-order valence-corrected chi connectivity index (χ2v) is 8.42. The van der Waals surface area contributed by atoms with E-state index in [9.17, 15) is 8.42 Å². The molecule has 0 radical (unpaired) electrons. The highest BCUT2D eigenvalue weighted by Gasteiger charge is 2.26. The molecular weight excluding hydrogens is 374 g/mol. The highest BCUT2D eigenvalue weighted by Crippen LogP contribution is 2.26. The maximum atomic E-state index is 12.7. The molecule has 10 heteroatoms. The Labute approximate surface area is 156 Å². The number of aromatic nitrogens is 3. The first-order chi connectivity index (χ1) is 12.6. The van der Waals surface area contributed by atoms with Crippen molar-refractivity contribution < 1.29 is 13.2 Å². The van der Waals surface area contributed by atoms with Crippen molar-refractivity contribution in [1.29, 1.82) is 5.26 Å². The minimum absolute atomic E-state index is 0.254. The quantitative estimate of drug-likeness (QED) is 0.687. The number of thioether (sulfide) groups is 1. The van der Waals surface area contributed by atoms with Gasteiger partial charge in [0.05, 0.1) is 29.9 Å². The van der Waals surface area contributed by atoms with E-state index in [1.54, 1.807) is 24.3 Å². The number of nitrogens with zero attached hydrogens (tertiary/aromatic N) is 5. The van der Waals surface area contributed by atoms with Crippen LogP contribution in [-0.2, 0) is 21.3 Å². The van der Waals surface area contributed by atoms with E-state index in [-0.39, 0.29) is 4.90 Å². The Morgan fingerprint density at radius 2 is 1.92 bits per heavy atom. The maximum Gasteiger partial charge on any atom is 0.243 e. The third kappa shape index (κ3) is 3.76. The number of hydrogen-bond acceptors (Lipinski definition) is 7. The van der Waals surface area contributed by atoms with Gasteiger partial charge in [-0.05, 0) is 31.2 Å². The largest absolute Gasteiger partial charge is 0.379 e. The topological polar surface area (TPSA) is 101 Å². The Morgan fingerprint density at radius 1 is 1.23 bits per heavy atom. The molecule has 1 aromatic heterocycles. The fourth-order valence-electron chi connectivity index (χ4n) is 2.70. The number of ether oxygens (including phenoxy) is 1. The Hall–Kier alpha value is -1.93. The summed E-state index contributed by atoms with van der Waals surface area (Å²) < 4.78 is 33.9. The van der Waals surface area contributed by atoms with Crippen LogP contribution < -0.4 is 0 Å². The molecular formula is C16H19N5O3S2. The first-order valence-corrected chi connectivity index (χ1v) is 10.6. The predicted molar refractivity (Wildman–Crippen MR) is 97.0 cm³/mol. The summed E-state index contributed by atoms with van der Waals surface area (Å²) in [5.41, 5.74) is 0.782. The van der Waals surface area contributed by atoms with E-state index in [1.165, 1.54) is 16.1 Å². The summed E-state index contributed by atoms with van der Waals surface area (Å²) in [7, 11) is -3.51. The summed E-state index contributed by atoms with van der Waals surface area (Å²) in [4.78, 5) is 0.254. The number of morpholine rings is 1. The second-order valence-electron chi connectivity index (χ2n) is 5.54. The molecule has 2 aromatic rings. The summed E-state index contributed by atoms with van der Waals surface area (Å²) in [6.07, 6.45) is 0. The smallest absolute Gasteiger partial charge is 0.243 e. The molecule has 1 fully saturated rings. The van der Waals surface area contributed by atoms with E-state index < -0.39 is 10.0 Å². The van der Waals surface area contributed by atoms with Gasteiger partial charge in [-0.2, -0.15) is 9.57 Å². The van der Waals surface area contributed by atoms with Crippen LogP contribution in [0, 0.1) is 11.3 Å². The molecule has 138 valence electrons. The number of rotatable bonds is 6. The molecule has 3 rings (SSSR count). The van der Waals surface area contributed by atoms with Crippen LogP contribution in [-0.4, -0.2) is 59.5 Å². The third-order valence-corrected chi connectivity index (χ3v) is 6.77. The third-order valence-electron chi connectivity index (χ3n) is 4.02. The van der Waals surface area contributed by atoms with E-state index in [2.05, 4.69) is 16.3 Å². The lowest BCUT2D eigenvalue weighted by Crippen LogP contribution is -2.40. The Morgan fingerprint density at radius 3 is 2.54 bits per heavy atom. The van der Waals surface area contributed by atoms with Crippen molar-refractivity contribution >= 4 is 21.8 Å². The van der Waals surface area contributed by atoms with Gasteiger partial charge in [0, 0.05) is 25.2 Å². The second kappa shape index (κ2) is 8.18. The van der Waals surface area contributed by atoms with Crippen LogP contribution in [0.25, 0.3) is 11.4 Å². The van der Waals surface area contributed by atoms with E-state index >= 15 is 0 Å². The van der Waals surface area contributed by atoms with Crippen LogP contribution in [0.15, 0.2) is 34.3 Å². The van der Waals surface area contributed by atoms with E-state index in [0.29, 0.717) is 49.6 Å². The molecule has 0 saturated carbocycles.